The molecule has 4 heteroatoms. The van der Waals surface area contributed by atoms with Crippen LogP contribution < -0.4 is 5.73 Å². The lowest BCUT2D eigenvalue weighted by Crippen LogP contribution is -2.07. The Labute approximate surface area is 100 Å². The third-order valence-electron chi connectivity index (χ3n) is 2.07. The highest BCUT2D eigenvalue weighted by molar-refractivity contribution is 5.90. The highest BCUT2D eigenvalue weighted by Crippen LogP contribution is 2.07. The van der Waals surface area contributed by atoms with Gasteiger partial charge in [0.15, 0.2) is 0 Å². The van der Waals surface area contributed by atoms with Gasteiger partial charge in [0.05, 0.1) is 13.0 Å². The monoisotopic (exact) mass is 233 g/mol. The molecule has 0 spiro atoms. The van der Waals surface area contributed by atoms with E-state index in [1.54, 1.807) is 13.0 Å². The highest BCUT2D eigenvalue weighted by atomic mass is 16.5. The van der Waals surface area contributed by atoms with Crippen molar-refractivity contribution in [3.8, 4) is 0 Å². The van der Waals surface area contributed by atoms with Crippen molar-refractivity contribution in [1.29, 1.82) is 0 Å². The quantitative estimate of drug-likeness (QED) is 0.615. The molecule has 1 aromatic rings. The molecule has 0 unspecified atom stereocenters. The third kappa shape index (κ3) is 4.97. The summed E-state index contributed by atoms with van der Waals surface area (Å²) < 4.78 is 4.84. The average molecular weight is 233 g/mol. The first-order valence-electron chi connectivity index (χ1n) is 5.34. The van der Waals surface area contributed by atoms with E-state index in [1.165, 1.54) is 6.08 Å². The van der Waals surface area contributed by atoms with Crippen LogP contribution in [0.3, 0.4) is 0 Å². The summed E-state index contributed by atoms with van der Waals surface area (Å²) in [6.07, 6.45) is 3.17. The normalized spacial score (nSPS) is 10.4. The van der Waals surface area contributed by atoms with Gasteiger partial charge < -0.3 is 10.5 Å². The fraction of sp³-hybridized carbons (Fsp3) is 0.231. The molecule has 0 radical (unpaired) electrons. The molecule has 0 aromatic heterocycles. The van der Waals surface area contributed by atoms with Gasteiger partial charge in [-0.3, -0.25) is 9.59 Å². The third-order valence-corrected chi connectivity index (χ3v) is 2.07. The number of rotatable bonds is 5. The minimum atomic E-state index is -0.486. The zero-order valence-corrected chi connectivity index (χ0v) is 9.68. The maximum atomic E-state index is 11.2. The molecule has 1 aromatic carbocycles. The first-order valence-corrected chi connectivity index (χ1v) is 5.34. The van der Waals surface area contributed by atoms with Gasteiger partial charge in [0.2, 0.25) is 5.91 Å². The highest BCUT2D eigenvalue weighted by Gasteiger charge is 2.02. The number of primary amides is 1. The van der Waals surface area contributed by atoms with Crippen LogP contribution in [0, 0.1) is 0 Å². The van der Waals surface area contributed by atoms with Crippen LogP contribution >= 0.6 is 0 Å². The minimum absolute atomic E-state index is 0.243. The SMILES string of the molecule is CCOC(=O)Cc1ccc(C=CC(N)=O)cc1. The Balaban J connectivity index is 2.62. The van der Waals surface area contributed by atoms with Crippen LogP contribution in [0.25, 0.3) is 6.08 Å². The van der Waals surface area contributed by atoms with E-state index in [-0.39, 0.29) is 12.4 Å². The molecule has 0 saturated heterocycles. The zero-order valence-electron chi connectivity index (χ0n) is 9.68. The molecule has 0 fully saturated rings. The number of hydrogen-bond donors (Lipinski definition) is 1. The van der Waals surface area contributed by atoms with E-state index in [4.69, 9.17) is 10.5 Å². The van der Waals surface area contributed by atoms with Crippen LogP contribution in [0.5, 0.6) is 0 Å². The fourth-order valence-electron chi connectivity index (χ4n) is 1.30. The first-order chi connectivity index (χ1) is 8.11. The van der Waals surface area contributed by atoms with Crippen LogP contribution in [0.2, 0.25) is 0 Å². The lowest BCUT2D eigenvalue weighted by atomic mass is 10.1. The number of carbonyl (C=O) groups excluding carboxylic acids is 2. The van der Waals surface area contributed by atoms with E-state index >= 15 is 0 Å². The Morgan fingerprint density at radius 1 is 1.29 bits per heavy atom. The second-order valence-corrected chi connectivity index (χ2v) is 3.46. The molecule has 0 aliphatic carbocycles. The smallest absolute Gasteiger partial charge is 0.310 e. The van der Waals surface area contributed by atoms with Crippen molar-refractivity contribution in [2.24, 2.45) is 5.73 Å². The molecule has 0 aliphatic heterocycles. The van der Waals surface area contributed by atoms with E-state index in [1.807, 2.05) is 24.3 Å². The van der Waals surface area contributed by atoms with Gasteiger partial charge in [0.1, 0.15) is 0 Å². The number of benzene rings is 1. The first kappa shape index (κ1) is 13.0. The predicted molar refractivity (Wildman–Crippen MR) is 65.0 cm³/mol. The summed E-state index contributed by atoms with van der Waals surface area (Å²) in [5.74, 6) is -0.728. The number of amides is 1. The standard InChI is InChI=1S/C13H15NO3/c1-2-17-13(16)9-11-5-3-10(4-6-11)7-8-12(14)15/h3-8H,2,9H2,1H3,(H2,14,15). The van der Waals surface area contributed by atoms with Gasteiger partial charge >= 0.3 is 5.97 Å². The van der Waals surface area contributed by atoms with E-state index < -0.39 is 5.91 Å². The van der Waals surface area contributed by atoms with Gasteiger partial charge in [0, 0.05) is 6.08 Å². The van der Waals surface area contributed by atoms with Crippen molar-refractivity contribution in [2.45, 2.75) is 13.3 Å². The van der Waals surface area contributed by atoms with Gasteiger partial charge in [-0.05, 0) is 24.1 Å². The van der Waals surface area contributed by atoms with Gasteiger partial charge in [-0.25, -0.2) is 0 Å². The number of esters is 1. The summed E-state index contributed by atoms with van der Waals surface area (Å²) in [5.41, 5.74) is 6.71. The molecular weight excluding hydrogens is 218 g/mol. The number of nitrogens with two attached hydrogens (primary N) is 1. The van der Waals surface area contributed by atoms with Crippen LogP contribution in [0.4, 0.5) is 0 Å². The molecule has 0 bridgehead atoms. The van der Waals surface area contributed by atoms with Crippen LogP contribution in [0.15, 0.2) is 30.3 Å². The molecule has 0 atom stereocenters. The Morgan fingerprint density at radius 2 is 1.94 bits per heavy atom. The van der Waals surface area contributed by atoms with Gasteiger partial charge in [-0.1, -0.05) is 24.3 Å². The maximum Gasteiger partial charge on any atom is 0.310 e. The second-order valence-electron chi connectivity index (χ2n) is 3.46. The average Bonchev–Trinajstić information content (AvgIpc) is 2.28. The lowest BCUT2D eigenvalue weighted by Gasteiger charge is -2.02. The number of hydrogen-bond acceptors (Lipinski definition) is 3. The van der Waals surface area contributed by atoms with Gasteiger partial charge in [-0.15, -0.1) is 0 Å². The largest absolute Gasteiger partial charge is 0.466 e. The predicted octanol–water partition coefficient (Wildman–Crippen LogP) is 1.29. The molecule has 17 heavy (non-hydrogen) atoms. The second kappa shape index (κ2) is 6.48. The van der Waals surface area contributed by atoms with Crippen molar-refractivity contribution in [3.05, 3.63) is 41.5 Å². The summed E-state index contributed by atoms with van der Waals surface area (Å²) in [4.78, 5) is 21.7. The Bertz CT molecular complexity index is 421. The molecule has 0 aliphatic rings. The number of ether oxygens (including phenoxy) is 1. The van der Waals surface area contributed by atoms with E-state index in [2.05, 4.69) is 0 Å². The Kier molecular flexibility index (Phi) is 4.94. The topological polar surface area (TPSA) is 69.4 Å². The van der Waals surface area contributed by atoms with E-state index in [0.29, 0.717) is 6.61 Å². The van der Waals surface area contributed by atoms with Crippen molar-refractivity contribution in [3.63, 3.8) is 0 Å². The van der Waals surface area contributed by atoms with Crippen molar-refractivity contribution < 1.29 is 14.3 Å². The Morgan fingerprint density at radius 3 is 2.47 bits per heavy atom. The van der Waals surface area contributed by atoms with E-state index in [0.717, 1.165) is 11.1 Å². The summed E-state index contributed by atoms with van der Waals surface area (Å²) in [5, 5.41) is 0. The van der Waals surface area contributed by atoms with Crippen molar-refractivity contribution in [2.75, 3.05) is 6.61 Å². The van der Waals surface area contributed by atoms with Gasteiger partial charge in [0.25, 0.3) is 0 Å². The molecule has 1 amide bonds. The molecule has 0 saturated carbocycles. The molecule has 4 nitrogen and oxygen atoms in total. The zero-order chi connectivity index (χ0) is 12.7. The molecule has 2 N–H and O–H groups in total. The van der Waals surface area contributed by atoms with Gasteiger partial charge in [-0.2, -0.15) is 0 Å². The molecule has 1 rings (SSSR count). The fourth-order valence-corrected chi connectivity index (χ4v) is 1.30. The molecular formula is C13H15NO3. The Hall–Kier alpha value is -2.10. The molecule has 0 heterocycles. The van der Waals surface area contributed by atoms with Crippen LogP contribution in [-0.2, 0) is 20.7 Å². The van der Waals surface area contributed by atoms with Crippen LogP contribution in [-0.4, -0.2) is 18.5 Å². The number of carbonyl (C=O) groups is 2. The van der Waals surface area contributed by atoms with Crippen LogP contribution in [0.1, 0.15) is 18.1 Å². The maximum absolute atomic E-state index is 11.2. The summed E-state index contributed by atoms with van der Waals surface area (Å²) >= 11 is 0. The minimum Gasteiger partial charge on any atom is -0.466 e. The summed E-state index contributed by atoms with van der Waals surface area (Å²) in [6, 6.07) is 7.26. The lowest BCUT2D eigenvalue weighted by molar-refractivity contribution is -0.142. The molecule has 90 valence electrons. The summed E-state index contributed by atoms with van der Waals surface area (Å²) in [6.45, 7) is 2.16. The van der Waals surface area contributed by atoms with E-state index in [9.17, 15) is 9.59 Å². The summed E-state index contributed by atoms with van der Waals surface area (Å²) in [7, 11) is 0. The van der Waals surface area contributed by atoms with Crippen molar-refractivity contribution >= 4 is 18.0 Å². The van der Waals surface area contributed by atoms with Crippen molar-refractivity contribution in [1.82, 2.24) is 0 Å².